The van der Waals surface area contributed by atoms with Gasteiger partial charge in [0.15, 0.2) is 0 Å². The maximum Gasteiger partial charge on any atom is 0.305 e. The monoisotopic (exact) mass is 256 g/mol. The van der Waals surface area contributed by atoms with Crippen LogP contribution in [0.4, 0.5) is 0 Å². The molecule has 1 fully saturated rings. The van der Waals surface area contributed by atoms with Crippen LogP contribution >= 0.6 is 0 Å². The van der Waals surface area contributed by atoms with Crippen molar-refractivity contribution >= 4 is 11.9 Å². The molecule has 0 unspecified atom stereocenters. The van der Waals surface area contributed by atoms with Crippen molar-refractivity contribution in [3.63, 3.8) is 0 Å². The van der Waals surface area contributed by atoms with E-state index < -0.39 is 5.97 Å². The zero-order valence-electron chi connectivity index (χ0n) is 11.5. The van der Waals surface area contributed by atoms with Crippen LogP contribution in [-0.2, 0) is 9.59 Å². The lowest BCUT2D eigenvalue weighted by molar-refractivity contribution is -0.143. The molecular weight excluding hydrogens is 232 g/mol. The van der Waals surface area contributed by atoms with Crippen molar-refractivity contribution in [1.82, 2.24) is 10.2 Å². The predicted molar refractivity (Wildman–Crippen MR) is 69.3 cm³/mol. The van der Waals surface area contributed by atoms with Crippen molar-refractivity contribution in [3.05, 3.63) is 0 Å². The van der Waals surface area contributed by atoms with E-state index in [0.717, 1.165) is 25.9 Å². The fourth-order valence-corrected chi connectivity index (χ4v) is 2.27. The third kappa shape index (κ3) is 4.29. The standard InChI is InChI=1S/C13H24N2O3/c1-13(2,3)15(9-6-11(16)17)12(18)10-4-7-14-8-5-10/h10,14H,4-9H2,1-3H3,(H,16,17). The van der Waals surface area contributed by atoms with E-state index in [9.17, 15) is 9.59 Å². The van der Waals surface area contributed by atoms with E-state index in [2.05, 4.69) is 5.32 Å². The first kappa shape index (κ1) is 15.0. The molecule has 0 radical (unpaired) electrons. The van der Waals surface area contributed by atoms with Crippen molar-refractivity contribution in [2.45, 2.75) is 45.6 Å². The van der Waals surface area contributed by atoms with Gasteiger partial charge in [0, 0.05) is 18.0 Å². The number of nitrogens with zero attached hydrogens (tertiary/aromatic N) is 1. The number of nitrogens with one attached hydrogen (secondary N) is 1. The summed E-state index contributed by atoms with van der Waals surface area (Å²) in [5.41, 5.74) is -0.322. The number of hydrogen-bond donors (Lipinski definition) is 2. The molecule has 1 amide bonds. The van der Waals surface area contributed by atoms with Gasteiger partial charge in [-0.25, -0.2) is 0 Å². The summed E-state index contributed by atoms with van der Waals surface area (Å²) in [4.78, 5) is 24.9. The number of carboxylic acids is 1. The van der Waals surface area contributed by atoms with Crippen LogP contribution in [-0.4, -0.2) is 47.1 Å². The van der Waals surface area contributed by atoms with E-state index in [1.54, 1.807) is 4.90 Å². The predicted octanol–water partition coefficient (Wildman–Crippen LogP) is 1.09. The Morgan fingerprint density at radius 2 is 1.83 bits per heavy atom. The fourth-order valence-electron chi connectivity index (χ4n) is 2.27. The van der Waals surface area contributed by atoms with Crippen LogP contribution in [0.25, 0.3) is 0 Å². The third-order valence-electron chi connectivity index (χ3n) is 3.31. The minimum atomic E-state index is -0.859. The largest absolute Gasteiger partial charge is 0.481 e. The summed E-state index contributed by atoms with van der Waals surface area (Å²) in [6, 6.07) is 0. The third-order valence-corrected chi connectivity index (χ3v) is 3.31. The van der Waals surface area contributed by atoms with Gasteiger partial charge in [0.05, 0.1) is 6.42 Å². The van der Waals surface area contributed by atoms with Crippen LogP contribution in [0.1, 0.15) is 40.0 Å². The number of amides is 1. The van der Waals surface area contributed by atoms with Gasteiger partial charge in [-0.1, -0.05) is 0 Å². The summed E-state index contributed by atoms with van der Waals surface area (Å²) in [6.07, 6.45) is 1.70. The number of hydrogen-bond acceptors (Lipinski definition) is 3. The highest BCUT2D eigenvalue weighted by Crippen LogP contribution is 2.22. The first-order valence-electron chi connectivity index (χ1n) is 6.56. The summed E-state index contributed by atoms with van der Waals surface area (Å²) in [5.74, 6) is -0.716. The summed E-state index contributed by atoms with van der Waals surface area (Å²) >= 11 is 0. The lowest BCUT2D eigenvalue weighted by Crippen LogP contribution is -2.50. The Kier molecular flexibility index (Phi) is 5.14. The Balaban J connectivity index is 2.68. The Bertz CT molecular complexity index is 304. The molecule has 0 saturated carbocycles. The topological polar surface area (TPSA) is 69.6 Å². The van der Waals surface area contributed by atoms with Crippen LogP contribution in [0.15, 0.2) is 0 Å². The Labute approximate surface area is 109 Å². The van der Waals surface area contributed by atoms with Crippen LogP contribution in [0.5, 0.6) is 0 Å². The molecule has 5 heteroatoms. The van der Waals surface area contributed by atoms with Crippen molar-refractivity contribution in [2.24, 2.45) is 5.92 Å². The highest BCUT2D eigenvalue weighted by atomic mass is 16.4. The van der Waals surface area contributed by atoms with E-state index in [-0.39, 0.29) is 23.8 Å². The van der Waals surface area contributed by atoms with Crippen molar-refractivity contribution < 1.29 is 14.7 Å². The number of aliphatic carboxylic acids is 1. The van der Waals surface area contributed by atoms with Crippen molar-refractivity contribution in [1.29, 1.82) is 0 Å². The van der Waals surface area contributed by atoms with Gasteiger partial charge in [-0.05, 0) is 46.7 Å². The van der Waals surface area contributed by atoms with E-state index >= 15 is 0 Å². The molecule has 0 aliphatic carbocycles. The summed E-state index contributed by atoms with van der Waals surface area (Å²) < 4.78 is 0. The second kappa shape index (κ2) is 6.18. The van der Waals surface area contributed by atoms with Gasteiger partial charge in [-0.15, -0.1) is 0 Å². The number of rotatable bonds is 4. The molecule has 104 valence electrons. The van der Waals surface area contributed by atoms with Crippen LogP contribution in [0, 0.1) is 5.92 Å². The molecule has 1 aliphatic heterocycles. The summed E-state index contributed by atoms with van der Waals surface area (Å²) in [7, 11) is 0. The molecule has 18 heavy (non-hydrogen) atoms. The quantitative estimate of drug-likeness (QED) is 0.790. The van der Waals surface area contributed by atoms with E-state index in [1.165, 1.54) is 0 Å². The Hall–Kier alpha value is -1.10. The van der Waals surface area contributed by atoms with Crippen LogP contribution in [0.3, 0.4) is 0 Å². The first-order chi connectivity index (χ1) is 8.32. The van der Waals surface area contributed by atoms with Crippen molar-refractivity contribution in [3.8, 4) is 0 Å². The summed E-state index contributed by atoms with van der Waals surface area (Å²) in [6.45, 7) is 7.89. The lowest BCUT2D eigenvalue weighted by Gasteiger charge is -2.38. The zero-order chi connectivity index (χ0) is 13.8. The minimum absolute atomic E-state index is 0.00792. The molecule has 0 bridgehead atoms. The van der Waals surface area contributed by atoms with Gasteiger partial charge in [-0.3, -0.25) is 9.59 Å². The molecule has 1 saturated heterocycles. The van der Waals surface area contributed by atoms with E-state index in [1.807, 2.05) is 20.8 Å². The zero-order valence-corrected chi connectivity index (χ0v) is 11.5. The molecule has 0 aromatic carbocycles. The van der Waals surface area contributed by atoms with E-state index in [4.69, 9.17) is 5.11 Å². The average molecular weight is 256 g/mol. The molecular formula is C13H24N2O3. The number of carbonyl (C=O) groups is 2. The smallest absolute Gasteiger partial charge is 0.305 e. The highest BCUT2D eigenvalue weighted by molar-refractivity contribution is 5.80. The van der Waals surface area contributed by atoms with Crippen molar-refractivity contribution in [2.75, 3.05) is 19.6 Å². The van der Waals surface area contributed by atoms with Gasteiger partial charge in [-0.2, -0.15) is 0 Å². The molecule has 0 aromatic rings. The van der Waals surface area contributed by atoms with Crippen LogP contribution < -0.4 is 5.32 Å². The van der Waals surface area contributed by atoms with Gasteiger partial charge in [0.2, 0.25) is 5.91 Å². The SMILES string of the molecule is CC(C)(C)N(CCC(=O)O)C(=O)C1CCNCC1. The minimum Gasteiger partial charge on any atom is -0.481 e. The maximum atomic E-state index is 12.5. The second-order valence-corrected chi connectivity index (χ2v) is 5.83. The number of carboxylic acid groups (broad SMARTS) is 1. The Morgan fingerprint density at radius 1 is 1.28 bits per heavy atom. The van der Waals surface area contributed by atoms with E-state index in [0.29, 0.717) is 6.54 Å². The second-order valence-electron chi connectivity index (χ2n) is 5.83. The summed E-state index contributed by atoms with van der Waals surface area (Å²) in [5, 5.41) is 12.0. The molecule has 0 atom stereocenters. The lowest BCUT2D eigenvalue weighted by atomic mass is 9.93. The number of piperidine rings is 1. The van der Waals surface area contributed by atoms with Gasteiger partial charge >= 0.3 is 5.97 Å². The van der Waals surface area contributed by atoms with Gasteiger partial charge in [0.25, 0.3) is 0 Å². The molecule has 5 nitrogen and oxygen atoms in total. The maximum absolute atomic E-state index is 12.5. The van der Waals surface area contributed by atoms with Gasteiger partial charge in [0.1, 0.15) is 0 Å². The fraction of sp³-hybridized carbons (Fsp3) is 0.846. The normalized spacial score (nSPS) is 17.5. The first-order valence-corrected chi connectivity index (χ1v) is 6.56. The van der Waals surface area contributed by atoms with Crippen LogP contribution in [0.2, 0.25) is 0 Å². The average Bonchev–Trinajstić information content (AvgIpc) is 2.28. The number of carbonyl (C=O) groups excluding carboxylic acids is 1. The molecule has 0 aromatic heterocycles. The molecule has 0 spiro atoms. The Morgan fingerprint density at radius 3 is 2.28 bits per heavy atom. The highest BCUT2D eigenvalue weighted by Gasteiger charge is 2.32. The molecule has 1 heterocycles. The molecule has 1 aliphatic rings. The van der Waals surface area contributed by atoms with Gasteiger partial charge < -0.3 is 15.3 Å². The molecule has 1 rings (SSSR count). The molecule has 2 N–H and O–H groups in total.